The van der Waals surface area contributed by atoms with E-state index in [1.54, 1.807) is 0 Å². The van der Waals surface area contributed by atoms with Crippen LogP contribution < -0.4 is 0 Å². The summed E-state index contributed by atoms with van der Waals surface area (Å²) < 4.78 is 20.0. The SMILES string of the molecule is O=S([O-])CCC(Br)CBr. The van der Waals surface area contributed by atoms with E-state index in [1.807, 2.05) is 0 Å². The predicted molar refractivity (Wildman–Crippen MR) is 44.9 cm³/mol. The van der Waals surface area contributed by atoms with Crippen molar-refractivity contribution in [1.29, 1.82) is 0 Å². The summed E-state index contributed by atoms with van der Waals surface area (Å²) in [6.45, 7) is 0. The maximum Gasteiger partial charge on any atom is 0.0251 e. The molecule has 2 unspecified atom stereocenters. The fraction of sp³-hybridized carbons (Fsp3) is 1.00. The van der Waals surface area contributed by atoms with Crippen LogP contribution >= 0.6 is 31.9 Å². The second kappa shape index (κ2) is 5.82. The lowest BCUT2D eigenvalue weighted by atomic mass is 10.4. The highest BCUT2D eigenvalue weighted by Gasteiger charge is 1.99. The fourth-order valence-electron chi connectivity index (χ4n) is 0.301. The van der Waals surface area contributed by atoms with Crippen LogP contribution in [0, 0.1) is 0 Å². The maximum absolute atomic E-state index is 9.98. The van der Waals surface area contributed by atoms with E-state index < -0.39 is 11.1 Å². The van der Waals surface area contributed by atoms with Gasteiger partial charge in [0.2, 0.25) is 0 Å². The van der Waals surface area contributed by atoms with E-state index in [9.17, 15) is 8.76 Å². The zero-order valence-corrected chi connectivity index (χ0v) is 8.67. The molecule has 0 rings (SSSR count). The Hall–Kier alpha value is 1.07. The molecule has 0 saturated carbocycles. The Morgan fingerprint density at radius 2 is 2.22 bits per heavy atom. The molecule has 2 nitrogen and oxygen atoms in total. The Kier molecular flexibility index (Phi) is 6.52. The lowest BCUT2D eigenvalue weighted by Crippen LogP contribution is -2.05. The minimum absolute atomic E-state index is 0.238. The van der Waals surface area contributed by atoms with Crippen LogP contribution in [-0.4, -0.2) is 24.7 Å². The first kappa shape index (κ1) is 10.1. The van der Waals surface area contributed by atoms with Gasteiger partial charge in [-0.1, -0.05) is 42.9 Å². The van der Waals surface area contributed by atoms with Gasteiger partial charge in [-0.15, -0.1) is 0 Å². The zero-order chi connectivity index (χ0) is 7.28. The molecule has 0 aromatic rings. The van der Waals surface area contributed by atoms with Gasteiger partial charge in [-0.3, -0.25) is 4.21 Å². The van der Waals surface area contributed by atoms with Crippen molar-refractivity contribution in [2.24, 2.45) is 0 Å². The Bertz CT molecular complexity index is 98.6. The first-order chi connectivity index (χ1) is 4.16. The molecule has 0 fully saturated rings. The Morgan fingerprint density at radius 1 is 1.67 bits per heavy atom. The van der Waals surface area contributed by atoms with Gasteiger partial charge in [-0.2, -0.15) is 0 Å². The molecule has 0 aromatic carbocycles. The third-order valence-electron chi connectivity index (χ3n) is 0.765. The summed E-state index contributed by atoms with van der Waals surface area (Å²) in [5.41, 5.74) is 0. The highest BCUT2D eigenvalue weighted by Crippen LogP contribution is 2.07. The van der Waals surface area contributed by atoms with Gasteiger partial charge in [-0.25, -0.2) is 0 Å². The molecule has 0 aliphatic carbocycles. The monoisotopic (exact) mass is 277 g/mol. The summed E-state index contributed by atoms with van der Waals surface area (Å²) in [7, 11) is 0. The third-order valence-corrected chi connectivity index (χ3v) is 3.77. The van der Waals surface area contributed by atoms with Crippen LogP contribution in [0.1, 0.15) is 6.42 Å². The maximum atomic E-state index is 9.98. The van der Waals surface area contributed by atoms with Crippen molar-refractivity contribution < 1.29 is 8.76 Å². The van der Waals surface area contributed by atoms with E-state index in [4.69, 9.17) is 0 Å². The summed E-state index contributed by atoms with van der Waals surface area (Å²) in [6, 6.07) is 0. The van der Waals surface area contributed by atoms with E-state index in [1.165, 1.54) is 0 Å². The van der Waals surface area contributed by atoms with Gasteiger partial charge < -0.3 is 4.55 Å². The normalized spacial score (nSPS) is 17.2. The molecule has 0 spiro atoms. The number of hydrogen-bond donors (Lipinski definition) is 0. The van der Waals surface area contributed by atoms with E-state index in [0.29, 0.717) is 6.42 Å². The molecule has 56 valence electrons. The molecule has 0 saturated heterocycles. The topological polar surface area (TPSA) is 40.1 Å². The molecule has 5 heteroatoms. The van der Waals surface area contributed by atoms with Crippen molar-refractivity contribution in [3.63, 3.8) is 0 Å². The smallest absolute Gasteiger partial charge is 0.0251 e. The zero-order valence-electron chi connectivity index (χ0n) is 4.68. The molecule has 0 amide bonds. The number of halogens is 2. The van der Waals surface area contributed by atoms with Gasteiger partial charge in [-0.05, 0) is 6.42 Å². The molecule has 0 radical (unpaired) electrons. The average Bonchev–Trinajstić information content (AvgIpc) is 1.83. The van der Waals surface area contributed by atoms with Crippen molar-refractivity contribution in [1.82, 2.24) is 0 Å². The first-order valence-electron chi connectivity index (χ1n) is 2.42. The van der Waals surface area contributed by atoms with Gasteiger partial charge in [0.25, 0.3) is 0 Å². The second-order valence-electron chi connectivity index (χ2n) is 1.55. The van der Waals surface area contributed by atoms with Gasteiger partial charge in [0.15, 0.2) is 0 Å². The molecular formula is C4H7Br2O2S-. The second-order valence-corrected chi connectivity index (χ2v) is 4.51. The van der Waals surface area contributed by atoms with Crippen LogP contribution in [-0.2, 0) is 11.1 Å². The van der Waals surface area contributed by atoms with Crippen LogP contribution in [0.3, 0.4) is 0 Å². The van der Waals surface area contributed by atoms with Crippen molar-refractivity contribution >= 4 is 42.9 Å². The average molecular weight is 279 g/mol. The van der Waals surface area contributed by atoms with Crippen LogP contribution in [0.25, 0.3) is 0 Å². The van der Waals surface area contributed by atoms with Crippen molar-refractivity contribution in [3.05, 3.63) is 0 Å². The summed E-state index contributed by atoms with van der Waals surface area (Å²) in [5.74, 6) is 0.238. The number of alkyl halides is 2. The van der Waals surface area contributed by atoms with Gasteiger partial charge >= 0.3 is 0 Å². The number of rotatable bonds is 4. The van der Waals surface area contributed by atoms with E-state index in [2.05, 4.69) is 31.9 Å². The fourth-order valence-corrected chi connectivity index (χ4v) is 1.63. The van der Waals surface area contributed by atoms with Crippen molar-refractivity contribution in [2.75, 3.05) is 11.1 Å². The quantitative estimate of drug-likeness (QED) is 0.576. The van der Waals surface area contributed by atoms with E-state index in [-0.39, 0.29) is 10.6 Å². The standard InChI is InChI=1S/C4H8Br2O2S/c5-3-4(6)1-2-9(7)8/h4H,1-3H2,(H,7,8)/p-1. The van der Waals surface area contributed by atoms with E-state index >= 15 is 0 Å². The molecule has 0 aliphatic heterocycles. The van der Waals surface area contributed by atoms with E-state index in [0.717, 1.165) is 5.33 Å². The van der Waals surface area contributed by atoms with Gasteiger partial charge in [0.1, 0.15) is 0 Å². The third kappa shape index (κ3) is 6.96. The Labute approximate surface area is 73.9 Å². The summed E-state index contributed by atoms with van der Waals surface area (Å²) in [4.78, 5) is 0.274. The van der Waals surface area contributed by atoms with Crippen LogP contribution in [0.15, 0.2) is 0 Å². The van der Waals surface area contributed by atoms with Gasteiger partial charge in [0.05, 0.1) is 0 Å². The Morgan fingerprint density at radius 3 is 2.56 bits per heavy atom. The van der Waals surface area contributed by atoms with Crippen molar-refractivity contribution in [3.8, 4) is 0 Å². The van der Waals surface area contributed by atoms with Crippen LogP contribution in [0.4, 0.5) is 0 Å². The predicted octanol–water partition coefficient (Wildman–Crippen LogP) is 1.41. The largest absolute Gasteiger partial charge is 0.772 e. The summed E-state index contributed by atoms with van der Waals surface area (Å²) in [5, 5.41) is 0.796. The molecule has 9 heavy (non-hydrogen) atoms. The molecule has 2 atom stereocenters. The van der Waals surface area contributed by atoms with Crippen LogP contribution in [0.2, 0.25) is 0 Å². The highest BCUT2D eigenvalue weighted by molar-refractivity contribution is 9.12. The lowest BCUT2D eigenvalue weighted by Gasteiger charge is -2.06. The number of hydrogen-bond acceptors (Lipinski definition) is 2. The summed E-state index contributed by atoms with van der Waals surface area (Å²) >= 11 is 4.61. The molecule has 0 heterocycles. The molecule has 0 aliphatic rings. The Balaban J connectivity index is 3.16. The first-order valence-corrected chi connectivity index (χ1v) is 5.71. The minimum atomic E-state index is -1.89. The molecular weight excluding hydrogens is 272 g/mol. The van der Waals surface area contributed by atoms with Crippen molar-refractivity contribution in [2.45, 2.75) is 11.2 Å². The molecule has 0 aromatic heterocycles. The highest BCUT2D eigenvalue weighted by atomic mass is 79.9. The lowest BCUT2D eigenvalue weighted by molar-refractivity contribution is 0.535. The van der Waals surface area contributed by atoms with Crippen LogP contribution in [0.5, 0.6) is 0 Å². The van der Waals surface area contributed by atoms with Gasteiger partial charge in [0, 0.05) is 15.9 Å². The molecule has 0 bridgehead atoms. The minimum Gasteiger partial charge on any atom is -0.772 e. The summed E-state index contributed by atoms with van der Waals surface area (Å²) in [6.07, 6.45) is 0.668. The molecule has 0 N–H and O–H groups in total.